The van der Waals surface area contributed by atoms with Gasteiger partial charge in [-0.3, -0.25) is 14.2 Å². The molecule has 1 aromatic carbocycles. The number of amides is 1. The fourth-order valence-electron chi connectivity index (χ4n) is 5.24. The van der Waals surface area contributed by atoms with Crippen LogP contribution in [0.4, 0.5) is 5.82 Å². The van der Waals surface area contributed by atoms with Gasteiger partial charge in [0.15, 0.2) is 11.5 Å². The van der Waals surface area contributed by atoms with E-state index in [1.54, 1.807) is 10.8 Å². The fourth-order valence-corrected chi connectivity index (χ4v) is 5.24. The van der Waals surface area contributed by atoms with Gasteiger partial charge in [-0.05, 0) is 37.0 Å². The maximum absolute atomic E-state index is 13.6. The first kappa shape index (κ1) is 22.6. The van der Waals surface area contributed by atoms with Gasteiger partial charge in [0.05, 0.1) is 6.54 Å². The maximum Gasteiger partial charge on any atom is 0.295 e. The van der Waals surface area contributed by atoms with Crippen LogP contribution >= 0.6 is 0 Å². The molecule has 1 aliphatic carbocycles. The number of carbonyl (C=O) groups excluding carboxylic acids is 1. The first-order chi connectivity index (χ1) is 16.6. The lowest BCUT2D eigenvalue weighted by Gasteiger charge is -2.35. The Labute approximate surface area is 200 Å². The van der Waals surface area contributed by atoms with Gasteiger partial charge in [0.25, 0.3) is 5.56 Å². The molecule has 2 fully saturated rings. The highest BCUT2D eigenvalue weighted by Gasteiger charge is 2.26. The molecular formula is C27H33N5O2. The van der Waals surface area contributed by atoms with Crippen LogP contribution in [0.5, 0.6) is 0 Å². The van der Waals surface area contributed by atoms with Gasteiger partial charge in [0.2, 0.25) is 5.91 Å². The van der Waals surface area contributed by atoms with Gasteiger partial charge in [-0.25, -0.2) is 9.97 Å². The van der Waals surface area contributed by atoms with Crippen molar-refractivity contribution in [2.75, 3.05) is 31.1 Å². The van der Waals surface area contributed by atoms with Crippen molar-refractivity contribution in [2.24, 2.45) is 5.92 Å². The smallest absolute Gasteiger partial charge is 0.295 e. The topological polar surface area (TPSA) is 71.3 Å². The van der Waals surface area contributed by atoms with E-state index in [4.69, 9.17) is 4.98 Å². The lowest BCUT2D eigenvalue weighted by atomic mass is 10.0. The number of hydrogen-bond acceptors (Lipinski definition) is 5. The number of nitrogens with zero attached hydrogens (tertiary/aromatic N) is 5. The number of aromatic nitrogens is 3. The van der Waals surface area contributed by atoms with Crippen molar-refractivity contribution in [3.8, 4) is 0 Å². The number of aryl methyl sites for hydroxylation is 1. The molecule has 0 bridgehead atoms. The molecule has 5 rings (SSSR count). The lowest BCUT2D eigenvalue weighted by Crippen LogP contribution is -2.50. The van der Waals surface area contributed by atoms with Gasteiger partial charge in [-0.2, -0.15) is 0 Å². The molecule has 2 aromatic heterocycles. The summed E-state index contributed by atoms with van der Waals surface area (Å²) in [4.78, 5) is 39.4. The molecule has 2 aliphatic rings. The highest BCUT2D eigenvalue weighted by Crippen LogP contribution is 2.28. The van der Waals surface area contributed by atoms with E-state index in [0.29, 0.717) is 56.1 Å². The third-order valence-electron chi connectivity index (χ3n) is 7.32. The first-order valence-electron chi connectivity index (χ1n) is 12.5. The maximum atomic E-state index is 13.6. The molecule has 0 atom stereocenters. The zero-order valence-electron chi connectivity index (χ0n) is 19.9. The van der Waals surface area contributed by atoms with E-state index in [1.807, 2.05) is 34.1 Å². The molecule has 0 N–H and O–H groups in total. The van der Waals surface area contributed by atoms with Gasteiger partial charge in [0.1, 0.15) is 5.52 Å². The van der Waals surface area contributed by atoms with Crippen LogP contribution in [-0.2, 0) is 11.3 Å². The van der Waals surface area contributed by atoms with E-state index < -0.39 is 0 Å². The van der Waals surface area contributed by atoms with Crippen molar-refractivity contribution in [3.63, 3.8) is 0 Å². The lowest BCUT2D eigenvalue weighted by molar-refractivity contribution is -0.131. The second kappa shape index (κ2) is 9.95. The van der Waals surface area contributed by atoms with E-state index in [1.165, 1.54) is 31.2 Å². The summed E-state index contributed by atoms with van der Waals surface area (Å²) in [5.41, 5.74) is 3.41. The highest BCUT2D eigenvalue weighted by atomic mass is 16.2. The van der Waals surface area contributed by atoms with Crippen molar-refractivity contribution in [3.05, 3.63) is 64.1 Å². The average Bonchev–Trinajstić information content (AvgIpc) is 3.39. The van der Waals surface area contributed by atoms with Gasteiger partial charge in [-0.15, -0.1) is 0 Å². The first-order valence-corrected chi connectivity index (χ1v) is 12.5. The molecule has 0 spiro atoms. The van der Waals surface area contributed by atoms with Gasteiger partial charge in [-0.1, -0.05) is 55.5 Å². The van der Waals surface area contributed by atoms with Crippen molar-refractivity contribution in [1.29, 1.82) is 0 Å². The molecule has 1 amide bonds. The van der Waals surface area contributed by atoms with Crippen LogP contribution < -0.4 is 10.5 Å². The van der Waals surface area contributed by atoms with E-state index in [0.717, 1.165) is 17.9 Å². The number of pyridine rings is 1. The summed E-state index contributed by atoms with van der Waals surface area (Å²) in [6, 6.07) is 12.0. The van der Waals surface area contributed by atoms with E-state index in [9.17, 15) is 9.59 Å². The molecule has 0 radical (unpaired) electrons. The molecule has 7 heteroatoms. The number of benzene rings is 1. The Morgan fingerprint density at radius 2 is 1.76 bits per heavy atom. The molecule has 178 valence electrons. The van der Waals surface area contributed by atoms with Crippen LogP contribution in [0, 0.1) is 12.8 Å². The zero-order valence-corrected chi connectivity index (χ0v) is 19.9. The summed E-state index contributed by atoms with van der Waals surface area (Å²) >= 11 is 0. The quantitative estimate of drug-likeness (QED) is 0.561. The average molecular weight is 460 g/mol. The third-order valence-corrected chi connectivity index (χ3v) is 7.32. The monoisotopic (exact) mass is 459 g/mol. The summed E-state index contributed by atoms with van der Waals surface area (Å²) in [6.07, 6.45) is 8.54. The largest absolute Gasteiger partial charge is 0.348 e. The van der Waals surface area contributed by atoms with Crippen LogP contribution in [0.25, 0.3) is 11.2 Å². The van der Waals surface area contributed by atoms with Gasteiger partial charge >= 0.3 is 0 Å². The second-order valence-electron chi connectivity index (χ2n) is 9.72. The minimum Gasteiger partial charge on any atom is -0.348 e. The Morgan fingerprint density at radius 1 is 1.03 bits per heavy atom. The molecule has 7 nitrogen and oxygen atoms in total. The fraction of sp³-hybridized carbons (Fsp3) is 0.481. The Balaban J connectivity index is 1.32. The molecule has 0 unspecified atom stereocenters. The van der Waals surface area contributed by atoms with E-state index in [-0.39, 0.29) is 11.5 Å². The molecule has 34 heavy (non-hydrogen) atoms. The Morgan fingerprint density at radius 3 is 2.50 bits per heavy atom. The summed E-state index contributed by atoms with van der Waals surface area (Å²) in [5.74, 6) is 1.43. The van der Waals surface area contributed by atoms with Crippen molar-refractivity contribution in [1.82, 2.24) is 19.4 Å². The number of piperazine rings is 1. The predicted octanol–water partition coefficient (Wildman–Crippen LogP) is 3.77. The van der Waals surface area contributed by atoms with E-state index in [2.05, 4.69) is 24.0 Å². The number of carbonyl (C=O) groups is 1. The van der Waals surface area contributed by atoms with Crippen molar-refractivity contribution >= 4 is 22.9 Å². The van der Waals surface area contributed by atoms with Crippen molar-refractivity contribution < 1.29 is 4.79 Å². The van der Waals surface area contributed by atoms with Crippen LogP contribution in [-0.4, -0.2) is 51.5 Å². The molecule has 1 saturated heterocycles. The normalized spacial score (nSPS) is 17.0. The molecule has 3 aromatic rings. The number of anilines is 1. The standard InChI is InChI=1S/C27H33N5O2/c1-20-8-10-22(11-9-20)19-32-25-23(7-4-14-28-25)29-26(27(32)34)31-17-15-30(16-18-31)24(33)13-12-21-5-2-3-6-21/h4,7-11,14,21H,2-3,5-6,12-13,15-19H2,1H3. The minimum atomic E-state index is -0.132. The van der Waals surface area contributed by atoms with E-state index >= 15 is 0 Å². The number of fused-ring (bicyclic) bond motifs is 1. The van der Waals surface area contributed by atoms with Crippen molar-refractivity contribution in [2.45, 2.75) is 52.0 Å². The zero-order chi connectivity index (χ0) is 23.5. The predicted molar refractivity (Wildman–Crippen MR) is 134 cm³/mol. The summed E-state index contributed by atoms with van der Waals surface area (Å²) in [6.45, 7) is 5.00. The van der Waals surface area contributed by atoms with Gasteiger partial charge in [0, 0.05) is 38.8 Å². The highest BCUT2D eigenvalue weighted by molar-refractivity contribution is 5.76. The summed E-state index contributed by atoms with van der Waals surface area (Å²) in [7, 11) is 0. The summed E-state index contributed by atoms with van der Waals surface area (Å²) in [5, 5.41) is 0. The minimum absolute atomic E-state index is 0.132. The Kier molecular flexibility index (Phi) is 6.61. The van der Waals surface area contributed by atoms with Crippen LogP contribution in [0.15, 0.2) is 47.4 Å². The molecule has 1 saturated carbocycles. The Hall–Kier alpha value is -3.22. The van der Waals surface area contributed by atoms with Gasteiger partial charge < -0.3 is 9.80 Å². The molecule has 3 heterocycles. The number of hydrogen-bond donors (Lipinski definition) is 0. The third kappa shape index (κ3) is 4.83. The summed E-state index contributed by atoms with van der Waals surface area (Å²) < 4.78 is 1.72. The number of rotatable bonds is 6. The van der Waals surface area contributed by atoms with Crippen LogP contribution in [0.3, 0.4) is 0 Å². The second-order valence-corrected chi connectivity index (χ2v) is 9.72. The molecular weight excluding hydrogens is 426 g/mol. The SMILES string of the molecule is Cc1ccc(Cn2c(=O)c(N3CCN(C(=O)CCC4CCCC4)CC3)nc3cccnc32)cc1. The van der Waals surface area contributed by atoms with Crippen LogP contribution in [0.1, 0.15) is 49.7 Å². The molecule has 1 aliphatic heterocycles. The van der Waals surface area contributed by atoms with Crippen LogP contribution in [0.2, 0.25) is 0 Å². The Bertz CT molecular complexity index is 1210.